The smallest absolute Gasteiger partial charge is 0.315 e. The molecule has 20 heavy (non-hydrogen) atoms. The van der Waals surface area contributed by atoms with Crippen molar-refractivity contribution in [3.05, 3.63) is 0 Å². The van der Waals surface area contributed by atoms with Crippen molar-refractivity contribution in [3.8, 4) is 11.8 Å². The molecule has 3 atom stereocenters. The summed E-state index contributed by atoms with van der Waals surface area (Å²) in [6, 6.07) is 0.510. The van der Waals surface area contributed by atoms with Gasteiger partial charge in [-0.3, -0.25) is 4.79 Å². The van der Waals surface area contributed by atoms with E-state index in [4.69, 9.17) is 0 Å². The molecule has 6 heteroatoms. The molecule has 2 saturated heterocycles. The minimum Gasteiger partial charge on any atom is -0.345 e. The van der Waals surface area contributed by atoms with Crippen molar-refractivity contribution in [3.63, 3.8) is 0 Å². The Labute approximate surface area is 124 Å². The molecule has 3 amide bonds. The van der Waals surface area contributed by atoms with Crippen LogP contribution < -0.4 is 16.0 Å². The first-order chi connectivity index (χ1) is 9.70. The molecular formula is C14H21N3O2S. The molecule has 0 aromatic carbocycles. The van der Waals surface area contributed by atoms with Gasteiger partial charge >= 0.3 is 6.03 Å². The molecule has 2 fully saturated rings. The molecule has 0 spiro atoms. The molecule has 2 heterocycles. The summed E-state index contributed by atoms with van der Waals surface area (Å²) < 4.78 is 0. The van der Waals surface area contributed by atoms with Crippen molar-refractivity contribution in [2.75, 3.05) is 12.3 Å². The Balaban J connectivity index is 1.58. The zero-order valence-corrected chi connectivity index (χ0v) is 12.5. The van der Waals surface area contributed by atoms with Gasteiger partial charge in [0.15, 0.2) is 0 Å². The van der Waals surface area contributed by atoms with Crippen LogP contribution >= 0.6 is 11.8 Å². The number of carbonyl (C=O) groups excluding carboxylic acids is 2. The molecule has 0 radical (unpaired) electrons. The molecule has 110 valence electrons. The maximum atomic E-state index is 11.5. The molecule has 0 aliphatic carbocycles. The predicted molar refractivity (Wildman–Crippen MR) is 80.4 cm³/mol. The summed E-state index contributed by atoms with van der Waals surface area (Å²) in [6.45, 7) is 2.20. The third-order valence-corrected chi connectivity index (χ3v) is 5.14. The van der Waals surface area contributed by atoms with Crippen molar-refractivity contribution in [1.82, 2.24) is 16.0 Å². The second-order valence-corrected chi connectivity index (χ2v) is 6.34. The van der Waals surface area contributed by atoms with Crippen molar-refractivity contribution in [1.29, 1.82) is 0 Å². The number of urea groups is 1. The zero-order valence-electron chi connectivity index (χ0n) is 11.7. The normalized spacial score (nSPS) is 27.1. The molecule has 2 aliphatic rings. The first-order valence-electron chi connectivity index (χ1n) is 7.05. The van der Waals surface area contributed by atoms with E-state index in [9.17, 15) is 9.59 Å². The zero-order chi connectivity index (χ0) is 14.4. The molecule has 2 rings (SSSR count). The average Bonchev–Trinajstić information content (AvgIpc) is 2.95. The van der Waals surface area contributed by atoms with E-state index in [0.29, 0.717) is 18.2 Å². The van der Waals surface area contributed by atoms with Crippen LogP contribution in [-0.2, 0) is 4.79 Å². The summed E-state index contributed by atoms with van der Waals surface area (Å²) >= 11 is 1.92. The van der Waals surface area contributed by atoms with Crippen LogP contribution in [0.1, 0.15) is 32.6 Å². The maximum absolute atomic E-state index is 11.5. The van der Waals surface area contributed by atoms with Gasteiger partial charge in [0, 0.05) is 17.4 Å². The van der Waals surface area contributed by atoms with Crippen LogP contribution in [-0.4, -0.2) is 41.6 Å². The van der Waals surface area contributed by atoms with Crippen LogP contribution in [0, 0.1) is 11.8 Å². The molecule has 2 aliphatic heterocycles. The van der Waals surface area contributed by atoms with Gasteiger partial charge in [-0.05, 0) is 19.8 Å². The highest BCUT2D eigenvalue weighted by atomic mass is 32.2. The van der Waals surface area contributed by atoms with Crippen LogP contribution in [0.5, 0.6) is 0 Å². The number of unbranched alkanes of at least 4 members (excludes halogenated alkanes) is 1. The molecule has 5 nitrogen and oxygen atoms in total. The lowest BCUT2D eigenvalue weighted by atomic mass is 10.0. The van der Waals surface area contributed by atoms with Crippen molar-refractivity contribution >= 4 is 23.7 Å². The highest BCUT2D eigenvalue weighted by Crippen LogP contribution is 2.33. The SMILES string of the molecule is CC#CCNC(=O)CCCC[C@@H]1SC[C@@H]2NC(=O)N[C@@H]21. The van der Waals surface area contributed by atoms with E-state index in [1.165, 1.54) is 0 Å². The molecule has 0 aromatic heterocycles. The van der Waals surface area contributed by atoms with Gasteiger partial charge in [0.05, 0.1) is 18.6 Å². The number of thioether (sulfide) groups is 1. The van der Waals surface area contributed by atoms with Gasteiger partial charge in [-0.2, -0.15) is 11.8 Å². The number of nitrogens with one attached hydrogen (secondary N) is 3. The molecular weight excluding hydrogens is 274 g/mol. The monoisotopic (exact) mass is 295 g/mol. The number of hydrogen-bond acceptors (Lipinski definition) is 3. The Morgan fingerprint density at radius 1 is 1.45 bits per heavy atom. The lowest BCUT2D eigenvalue weighted by Crippen LogP contribution is -2.36. The third-order valence-electron chi connectivity index (χ3n) is 3.63. The Morgan fingerprint density at radius 2 is 2.30 bits per heavy atom. The number of carbonyl (C=O) groups is 2. The van der Waals surface area contributed by atoms with E-state index < -0.39 is 0 Å². The van der Waals surface area contributed by atoms with E-state index in [-0.39, 0.29) is 24.0 Å². The van der Waals surface area contributed by atoms with E-state index in [1.54, 1.807) is 6.92 Å². The first-order valence-corrected chi connectivity index (χ1v) is 8.10. The van der Waals surface area contributed by atoms with E-state index in [1.807, 2.05) is 11.8 Å². The average molecular weight is 295 g/mol. The van der Waals surface area contributed by atoms with Crippen molar-refractivity contribution in [2.24, 2.45) is 0 Å². The summed E-state index contributed by atoms with van der Waals surface area (Å²) in [6.07, 6.45) is 3.52. The minimum atomic E-state index is -0.0401. The summed E-state index contributed by atoms with van der Waals surface area (Å²) in [7, 11) is 0. The quantitative estimate of drug-likeness (QED) is 0.386. The van der Waals surface area contributed by atoms with Gasteiger partial charge in [0.2, 0.25) is 5.91 Å². The van der Waals surface area contributed by atoms with Crippen LogP contribution in [0.25, 0.3) is 0 Å². The van der Waals surface area contributed by atoms with Gasteiger partial charge in [-0.15, -0.1) is 5.92 Å². The maximum Gasteiger partial charge on any atom is 0.315 e. The Hall–Kier alpha value is -1.35. The van der Waals surface area contributed by atoms with Gasteiger partial charge in [-0.25, -0.2) is 4.79 Å². The van der Waals surface area contributed by atoms with Gasteiger partial charge in [0.25, 0.3) is 0 Å². The van der Waals surface area contributed by atoms with E-state index in [2.05, 4.69) is 27.8 Å². The van der Waals surface area contributed by atoms with Crippen molar-refractivity contribution in [2.45, 2.75) is 49.9 Å². The topological polar surface area (TPSA) is 70.2 Å². The summed E-state index contributed by atoms with van der Waals surface area (Å²) in [4.78, 5) is 22.7. The number of hydrogen-bond donors (Lipinski definition) is 3. The molecule has 3 N–H and O–H groups in total. The Kier molecular flexibility index (Phi) is 5.60. The summed E-state index contributed by atoms with van der Waals surface area (Å²) in [5.74, 6) is 6.62. The molecule has 0 aromatic rings. The van der Waals surface area contributed by atoms with Gasteiger partial charge < -0.3 is 16.0 Å². The lowest BCUT2D eigenvalue weighted by Gasteiger charge is -2.16. The number of fused-ring (bicyclic) bond motifs is 1. The van der Waals surface area contributed by atoms with Crippen molar-refractivity contribution < 1.29 is 9.59 Å². The second kappa shape index (κ2) is 7.44. The highest BCUT2D eigenvalue weighted by Gasteiger charge is 2.42. The summed E-state index contributed by atoms with van der Waals surface area (Å²) in [5.41, 5.74) is 0. The lowest BCUT2D eigenvalue weighted by molar-refractivity contribution is -0.120. The van der Waals surface area contributed by atoms with Gasteiger partial charge in [0.1, 0.15) is 0 Å². The Morgan fingerprint density at radius 3 is 3.10 bits per heavy atom. The van der Waals surface area contributed by atoms with E-state index >= 15 is 0 Å². The van der Waals surface area contributed by atoms with E-state index in [0.717, 1.165) is 25.0 Å². The predicted octanol–water partition coefficient (Wildman–Crippen LogP) is 0.852. The standard InChI is InChI=1S/C14H21N3O2S/c1-2-3-8-15-12(18)7-5-4-6-11-13-10(9-20-11)16-14(19)17-13/h10-11,13H,4-9H2,1H3,(H,15,18)(H2,16,17,19)/t10-,11-,13-/m0/s1. The fourth-order valence-electron chi connectivity index (χ4n) is 2.59. The largest absolute Gasteiger partial charge is 0.345 e. The fourth-order valence-corrected chi connectivity index (χ4v) is 4.14. The molecule has 0 unspecified atom stereocenters. The first kappa shape index (κ1) is 15.0. The van der Waals surface area contributed by atoms with Crippen LogP contribution in [0.15, 0.2) is 0 Å². The van der Waals surface area contributed by atoms with Crippen LogP contribution in [0.2, 0.25) is 0 Å². The van der Waals surface area contributed by atoms with Crippen LogP contribution in [0.3, 0.4) is 0 Å². The highest BCUT2D eigenvalue weighted by molar-refractivity contribution is 8.00. The second-order valence-electron chi connectivity index (χ2n) is 5.07. The number of rotatable bonds is 6. The van der Waals surface area contributed by atoms with Gasteiger partial charge in [-0.1, -0.05) is 12.3 Å². The van der Waals surface area contributed by atoms with Crippen LogP contribution in [0.4, 0.5) is 4.79 Å². The molecule has 0 bridgehead atoms. The molecule has 0 saturated carbocycles. The Bertz CT molecular complexity index is 430. The third kappa shape index (κ3) is 4.07. The fraction of sp³-hybridized carbons (Fsp3) is 0.714. The number of amides is 3. The minimum absolute atomic E-state index is 0.0401. The summed E-state index contributed by atoms with van der Waals surface area (Å²) in [5, 5.41) is 9.17.